The van der Waals surface area contributed by atoms with Crippen molar-refractivity contribution in [1.82, 2.24) is 0 Å². The molecule has 0 atom stereocenters. The predicted octanol–water partition coefficient (Wildman–Crippen LogP) is -6.92. The fraction of sp³-hybridized carbons (Fsp3) is 0.833. The maximum Gasteiger partial charge on any atom is 3.00 e. The molecule has 1 heterocycles. The maximum absolute atomic E-state index is 9.12. The van der Waals surface area contributed by atoms with E-state index in [2.05, 4.69) is 66.6 Å². The Morgan fingerprint density at radius 2 is 1.17 bits per heavy atom. The topological polar surface area (TPSA) is 51.8 Å². The molecule has 0 fully saturated rings. The van der Waals surface area contributed by atoms with Gasteiger partial charge in [0.2, 0.25) is 0 Å². The summed E-state index contributed by atoms with van der Waals surface area (Å²) >= 11 is 0. The summed E-state index contributed by atoms with van der Waals surface area (Å²) in [6.07, 6.45) is 2.02. The van der Waals surface area contributed by atoms with Crippen LogP contribution in [0.25, 0.3) is 10.4 Å². The van der Waals surface area contributed by atoms with Gasteiger partial charge in [0.1, 0.15) is 0 Å². The Morgan fingerprint density at radius 3 is 1.38 bits per heavy atom. The van der Waals surface area contributed by atoms with E-state index in [9.17, 15) is 0 Å². The van der Waals surface area contributed by atoms with Crippen LogP contribution < -0.4 is 49.6 Å². The molecule has 140 valence electrons. The van der Waals surface area contributed by atoms with Gasteiger partial charge in [0.05, 0.1) is 0 Å². The summed E-state index contributed by atoms with van der Waals surface area (Å²) in [4.78, 5) is 7.69. The van der Waals surface area contributed by atoms with Crippen LogP contribution in [0.4, 0.5) is 0 Å². The average molecular weight is 527 g/mol. The molecular weight excluding hydrogens is 499 g/mol. The Bertz CT molecular complexity index is 504. The van der Waals surface area contributed by atoms with Gasteiger partial charge in [0.15, 0.2) is 7.21 Å². The fourth-order valence-corrected chi connectivity index (χ4v) is 24.4. The van der Waals surface area contributed by atoms with E-state index in [4.69, 9.17) is 5.53 Å². The third-order valence-corrected chi connectivity index (χ3v) is 19.1. The van der Waals surface area contributed by atoms with Crippen LogP contribution in [-0.2, 0) is 0 Å². The fourth-order valence-electron chi connectivity index (χ4n) is 3.53. The first-order valence-corrected chi connectivity index (χ1v) is 15.8. The molecule has 0 spiro atoms. The number of allylic oxidation sites excluding steroid dienone is 2. The number of azide groups is 1. The zero-order valence-corrected chi connectivity index (χ0v) is 24.1. The van der Waals surface area contributed by atoms with Gasteiger partial charge in [-0.25, -0.2) is 0 Å². The van der Waals surface area contributed by atoms with Crippen molar-refractivity contribution >= 4 is 43.5 Å². The molecule has 0 aliphatic carbocycles. The second-order valence-corrected chi connectivity index (χ2v) is 21.3. The van der Waals surface area contributed by atoms with Gasteiger partial charge in [-0.1, -0.05) is 11.1 Å². The van der Waals surface area contributed by atoms with Gasteiger partial charge < -0.3 is 53.3 Å². The van der Waals surface area contributed by atoms with Crippen LogP contribution in [0.3, 0.4) is 0 Å². The number of hydrogen-bond acceptors (Lipinski definition) is 0. The van der Waals surface area contributed by atoms with Crippen LogP contribution in [0.1, 0.15) is 13.8 Å². The summed E-state index contributed by atoms with van der Waals surface area (Å²) in [5.74, 6) is 0. The predicted molar refractivity (Wildman–Crippen MR) is 96.9 cm³/mol. The molecule has 0 radical (unpaired) electrons. The van der Waals surface area contributed by atoms with Crippen molar-refractivity contribution in [3.8, 4) is 0 Å². The first-order valence-electron chi connectivity index (χ1n) is 6.84. The van der Waals surface area contributed by atoms with Crippen LogP contribution in [0.15, 0.2) is 16.0 Å². The summed E-state index contributed by atoms with van der Waals surface area (Å²) < 4.78 is 2.77. The number of nitrogens with zero attached hydrogens (tertiary/aromatic N) is 4. The molecule has 0 saturated heterocycles. The quantitative estimate of drug-likeness (QED) is 0.0877. The van der Waals surface area contributed by atoms with E-state index >= 15 is 0 Å². The third kappa shape index (κ3) is 8.47. The molecule has 0 amide bonds. The number of halogens is 4. The van der Waals surface area contributed by atoms with Gasteiger partial charge in [-0.2, -0.15) is 0 Å². The largest absolute Gasteiger partial charge is 3.00 e. The zero-order valence-electron chi connectivity index (χ0n) is 15.7. The zero-order chi connectivity index (χ0) is 15.1. The molecular formula is C12H28Cl4GaN4PSi2. The summed E-state index contributed by atoms with van der Waals surface area (Å²) in [6, 6.07) is 0. The van der Waals surface area contributed by atoms with E-state index in [-0.39, 0.29) is 69.4 Å². The normalized spacial score (nSPS) is 15.3. The Morgan fingerprint density at radius 1 is 0.875 bits per heavy atom. The number of rotatable bonds is 3. The second kappa shape index (κ2) is 12.8. The molecule has 0 saturated carbocycles. The monoisotopic (exact) mass is 524 g/mol. The molecule has 0 bridgehead atoms. The van der Waals surface area contributed by atoms with Crippen LogP contribution in [0.5, 0.6) is 0 Å². The molecule has 0 N–H and O–H groups in total. The minimum absolute atomic E-state index is 0. The van der Waals surface area contributed by atoms with Crippen molar-refractivity contribution in [2.75, 3.05) is 12.3 Å². The van der Waals surface area contributed by atoms with Crippen molar-refractivity contribution in [2.24, 2.45) is 4.88 Å². The first kappa shape index (κ1) is 36.4. The minimum Gasteiger partial charge on any atom is -1.00 e. The van der Waals surface area contributed by atoms with Crippen LogP contribution in [0, 0.1) is 0 Å². The molecule has 1 rings (SSSR count). The molecule has 12 heteroatoms. The van der Waals surface area contributed by atoms with Crippen LogP contribution in [-0.4, -0.2) is 52.2 Å². The van der Waals surface area contributed by atoms with Crippen LogP contribution >= 0.6 is 7.21 Å². The smallest absolute Gasteiger partial charge is 1.00 e. The summed E-state index contributed by atoms with van der Waals surface area (Å²) in [7, 11) is -4.73. The van der Waals surface area contributed by atoms with E-state index < -0.39 is 23.7 Å². The summed E-state index contributed by atoms with van der Waals surface area (Å²) in [5, 5.41) is 0. The third-order valence-electron chi connectivity index (χ3n) is 3.56. The molecule has 4 nitrogen and oxygen atoms in total. The summed E-state index contributed by atoms with van der Waals surface area (Å²) in [6.45, 7) is 18.8. The van der Waals surface area contributed by atoms with Gasteiger partial charge >= 0.3 is 36.3 Å². The molecule has 0 aromatic heterocycles. The van der Waals surface area contributed by atoms with Gasteiger partial charge in [0, 0.05) is 17.2 Å². The molecule has 0 unspecified atom stereocenters. The molecule has 1 aliphatic heterocycles. The average Bonchev–Trinajstić information content (AvgIpc) is 2.37. The van der Waals surface area contributed by atoms with E-state index in [1.807, 2.05) is 0 Å². The SMILES string of the molecule is CC1=C(C)CP(N=[N+]=[N-])(=[N+]([Si](C)(C)C)[Si](C)(C)C)C1.[Cl-].[Cl-].[Cl-].[Cl-].[Ga+3]. The number of hydrogen-bond donors (Lipinski definition) is 0. The van der Waals surface area contributed by atoms with Gasteiger partial charge in [-0.3, -0.25) is 0 Å². The van der Waals surface area contributed by atoms with Crippen molar-refractivity contribution in [1.29, 1.82) is 0 Å². The molecule has 24 heavy (non-hydrogen) atoms. The Kier molecular flexibility index (Phi) is 19.5. The standard InChI is InChI=1S/C12H28N4PSi2.4ClH.Ga/c1-11-9-17(15-14-13,10-12(11)2)16(18(3,4)5)19(6,7)8;;;;;/h9-10H2,1-8H3;4*1H;/q+1;;;;;+3/p-4. The van der Waals surface area contributed by atoms with Crippen LogP contribution in [0.2, 0.25) is 39.3 Å². The van der Waals surface area contributed by atoms with E-state index in [1.54, 1.807) is 0 Å². The van der Waals surface area contributed by atoms with Crippen molar-refractivity contribution in [3.05, 3.63) is 21.6 Å². The Balaban J connectivity index is -0.000000241. The van der Waals surface area contributed by atoms with E-state index in [0.717, 1.165) is 12.3 Å². The molecule has 0 aromatic rings. The summed E-state index contributed by atoms with van der Waals surface area (Å²) in [5.41, 5.74) is 12.0. The minimum atomic E-state index is -1.72. The van der Waals surface area contributed by atoms with E-state index in [1.165, 1.54) is 11.1 Å². The second-order valence-electron chi connectivity index (χ2n) is 7.59. The first-order chi connectivity index (χ1) is 8.44. The van der Waals surface area contributed by atoms with Gasteiger partial charge in [0.25, 0.3) is 0 Å². The van der Waals surface area contributed by atoms with Crippen molar-refractivity contribution < 1.29 is 53.3 Å². The van der Waals surface area contributed by atoms with Gasteiger partial charge in [-0.05, 0) is 63.5 Å². The maximum atomic E-state index is 9.12. The molecule has 1 aliphatic rings. The van der Waals surface area contributed by atoms with Gasteiger partial charge in [-0.15, -0.1) is 0 Å². The molecule has 0 aromatic carbocycles. The Labute approximate surface area is 187 Å². The van der Waals surface area contributed by atoms with E-state index in [0.29, 0.717) is 0 Å². The van der Waals surface area contributed by atoms with Crippen molar-refractivity contribution in [2.45, 2.75) is 53.1 Å². The van der Waals surface area contributed by atoms with Crippen molar-refractivity contribution in [3.63, 3.8) is 0 Å². The Hall–Kier alpha value is 1.51.